The number of carbonyl (C=O) groups excluding carboxylic acids is 2. The summed E-state index contributed by atoms with van der Waals surface area (Å²) in [4.78, 5) is 30.6. The quantitative estimate of drug-likeness (QED) is 0.924. The number of hydrogen-bond acceptors (Lipinski definition) is 4. The van der Waals surface area contributed by atoms with Gasteiger partial charge in [-0.3, -0.25) is 9.59 Å². The number of hydrogen-bond donors (Lipinski definition) is 1. The molecule has 1 fully saturated rings. The van der Waals surface area contributed by atoms with Crippen molar-refractivity contribution in [3.05, 3.63) is 30.2 Å². The summed E-state index contributed by atoms with van der Waals surface area (Å²) in [5.74, 6) is -0.317. The third kappa shape index (κ3) is 3.56. The summed E-state index contributed by atoms with van der Waals surface area (Å²) in [5.41, 5.74) is 2.42. The number of aromatic nitrogens is 2. The van der Waals surface area contributed by atoms with Crippen LogP contribution in [0.3, 0.4) is 0 Å². The Morgan fingerprint density at radius 3 is 3.00 bits per heavy atom. The Bertz CT molecular complexity index is 755. The molecule has 1 aliphatic rings. The zero-order valence-corrected chi connectivity index (χ0v) is 14.0. The Morgan fingerprint density at radius 2 is 2.21 bits per heavy atom. The van der Waals surface area contributed by atoms with Gasteiger partial charge < -0.3 is 19.4 Å². The minimum atomic E-state index is -0.439. The predicted octanol–water partition coefficient (Wildman–Crippen LogP) is 1.61. The lowest BCUT2D eigenvalue weighted by Crippen LogP contribution is -2.43. The number of methoxy groups -OCH3 is 1. The molecular formula is C17H22N4O3. The minimum Gasteiger partial charge on any atom is -0.372 e. The molecular weight excluding hydrogens is 308 g/mol. The molecule has 2 aromatic heterocycles. The molecule has 1 N–H and O–H groups in total. The van der Waals surface area contributed by atoms with E-state index in [1.165, 1.54) is 7.11 Å². The van der Waals surface area contributed by atoms with E-state index in [1.54, 1.807) is 4.90 Å². The standard InChI is InChI=1S/C17H22N4O3/c1-12-9-21-10-13(6-7-15(21)18-12)19-16(22)11-20-8-4-3-5-14(24-2)17(20)23/h6-7,9-10,14H,3-5,8,11H2,1-2H3,(H,19,22). The maximum atomic E-state index is 12.4. The van der Waals surface area contributed by atoms with E-state index in [2.05, 4.69) is 10.3 Å². The van der Waals surface area contributed by atoms with Crippen molar-refractivity contribution >= 4 is 23.1 Å². The van der Waals surface area contributed by atoms with Gasteiger partial charge in [-0.25, -0.2) is 4.98 Å². The largest absolute Gasteiger partial charge is 0.372 e. The fraction of sp³-hybridized carbons (Fsp3) is 0.471. The first-order valence-corrected chi connectivity index (χ1v) is 8.13. The third-order valence-electron chi connectivity index (χ3n) is 4.21. The van der Waals surface area contributed by atoms with Crippen molar-refractivity contribution in [2.75, 3.05) is 25.5 Å². The van der Waals surface area contributed by atoms with E-state index >= 15 is 0 Å². The predicted molar refractivity (Wildman–Crippen MR) is 89.8 cm³/mol. The van der Waals surface area contributed by atoms with Gasteiger partial charge in [-0.05, 0) is 38.3 Å². The molecule has 0 aliphatic carbocycles. The van der Waals surface area contributed by atoms with Crippen LogP contribution in [0.5, 0.6) is 0 Å². The normalized spacial score (nSPS) is 18.7. The lowest BCUT2D eigenvalue weighted by molar-refractivity contribution is -0.143. The molecule has 7 nitrogen and oxygen atoms in total. The Labute approximate surface area is 140 Å². The second-order valence-electron chi connectivity index (χ2n) is 6.09. The molecule has 1 saturated heterocycles. The van der Waals surface area contributed by atoms with Crippen molar-refractivity contribution in [1.29, 1.82) is 0 Å². The number of rotatable bonds is 4. The van der Waals surface area contributed by atoms with Crippen LogP contribution in [0.4, 0.5) is 5.69 Å². The molecule has 3 rings (SSSR count). The lowest BCUT2D eigenvalue weighted by Gasteiger charge is -2.23. The number of anilines is 1. The van der Waals surface area contributed by atoms with Gasteiger partial charge in [-0.1, -0.05) is 0 Å². The molecule has 0 saturated carbocycles. The molecule has 1 atom stereocenters. The highest BCUT2D eigenvalue weighted by atomic mass is 16.5. The first-order valence-electron chi connectivity index (χ1n) is 8.13. The zero-order chi connectivity index (χ0) is 17.1. The van der Waals surface area contributed by atoms with Crippen LogP contribution in [-0.2, 0) is 14.3 Å². The number of nitrogens with one attached hydrogen (secondary N) is 1. The van der Waals surface area contributed by atoms with E-state index in [1.807, 2.05) is 35.9 Å². The van der Waals surface area contributed by atoms with Crippen LogP contribution in [0.2, 0.25) is 0 Å². The highest BCUT2D eigenvalue weighted by Crippen LogP contribution is 2.15. The zero-order valence-electron chi connectivity index (χ0n) is 14.0. The monoisotopic (exact) mass is 330 g/mol. The highest BCUT2D eigenvalue weighted by molar-refractivity contribution is 5.95. The van der Waals surface area contributed by atoms with E-state index in [9.17, 15) is 9.59 Å². The molecule has 24 heavy (non-hydrogen) atoms. The van der Waals surface area contributed by atoms with E-state index in [-0.39, 0.29) is 18.4 Å². The van der Waals surface area contributed by atoms with Crippen LogP contribution >= 0.6 is 0 Å². The number of fused-ring (bicyclic) bond motifs is 1. The fourth-order valence-electron chi connectivity index (χ4n) is 3.01. The number of aryl methyl sites for hydroxylation is 1. The summed E-state index contributed by atoms with van der Waals surface area (Å²) >= 11 is 0. The molecule has 1 unspecified atom stereocenters. The maximum absolute atomic E-state index is 12.4. The SMILES string of the molecule is COC1CCCCN(CC(=O)Nc2ccc3nc(C)cn3c2)C1=O. The molecule has 2 amide bonds. The third-order valence-corrected chi connectivity index (χ3v) is 4.21. The van der Waals surface area contributed by atoms with Crippen molar-refractivity contribution in [1.82, 2.24) is 14.3 Å². The van der Waals surface area contributed by atoms with Gasteiger partial charge in [0.05, 0.1) is 17.9 Å². The van der Waals surface area contributed by atoms with Crippen molar-refractivity contribution < 1.29 is 14.3 Å². The van der Waals surface area contributed by atoms with Gasteiger partial charge in [-0.15, -0.1) is 0 Å². The van der Waals surface area contributed by atoms with Crippen molar-refractivity contribution in [3.8, 4) is 0 Å². The van der Waals surface area contributed by atoms with E-state index in [4.69, 9.17) is 4.74 Å². The average molecular weight is 330 g/mol. The summed E-state index contributed by atoms with van der Waals surface area (Å²) < 4.78 is 7.09. The highest BCUT2D eigenvalue weighted by Gasteiger charge is 2.27. The number of imidazole rings is 1. The Morgan fingerprint density at radius 1 is 1.38 bits per heavy atom. The number of nitrogens with zero attached hydrogens (tertiary/aromatic N) is 3. The molecule has 0 spiro atoms. The number of amides is 2. The molecule has 128 valence electrons. The van der Waals surface area contributed by atoms with Crippen molar-refractivity contribution in [3.63, 3.8) is 0 Å². The van der Waals surface area contributed by atoms with E-state index < -0.39 is 6.10 Å². The van der Waals surface area contributed by atoms with Gasteiger partial charge >= 0.3 is 0 Å². The number of ether oxygens (including phenoxy) is 1. The lowest BCUT2D eigenvalue weighted by atomic mass is 10.2. The maximum Gasteiger partial charge on any atom is 0.252 e. The molecule has 3 heterocycles. The molecule has 0 aromatic carbocycles. The van der Waals surface area contributed by atoms with Crippen LogP contribution < -0.4 is 5.32 Å². The van der Waals surface area contributed by atoms with Crippen LogP contribution in [0, 0.1) is 6.92 Å². The molecule has 2 aromatic rings. The van der Waals surface area contributed by atoms with Crippen LogP contribution in [0.1, 0.15) is 25.0 Å². The second-order valence-corrected chi connectivity index (χ2v) is 6.09. The van der Waals surface area contributed by atoms with E-state index in [0.717, 1.165) is 24.2 Å². The van der Waals surface area contributed by atoms with Gasteiger partial charge in [-0.2, -0.15) is 0 Å². The molecule has 1 aliphatic heterocycles. The van der Waals surface area contributed by atoms with E-state index in [0.29, 0.717) is 18.7 Å². The van der Waals surface area contributed by atoms with Crippen LogP contribution in [-0.4, -0.2) is 52.4 Å². The van der Waals surface area contributed by atoms with Gasteiger partial charge in [0.15, 0.2) is 0 Å². The Kier molecular flexibility index (Phi) is 4.80. The summed E-state index contributed by atoms with van der Waals surface area (Å²) in [7, 11) is 1.54. The van der Waals surface area contributed by atoms with Gasteiger partial charge in [0, 0.05) is 26.0 Å². The average Bonchev–Trinajstić information content (AvgIpc) is 2.83. The smallest absolute Gasteiger partial charge is 0.252 e. The Hall–Kier alpha value is -2.41. The summed E-state index contributed by atoms with van der Waals surface area (Å²) in [6.07, 6.45) is 5.80. The number of likely N-dealkylation sites (tertiary alicyclic amines) is 1. The fourth-order valence-corrected chi connectivity index (χ4v) is 3.01. The van der Waals surface area contributed by atoms with Crippen LogP contribution in [0.25, 0.3) is 5.65 Å². The molecule has 0 bridgehead atoms. The van der Waals surface area contributed by atoms with Crippen molar-refractivity contribution in [2.45, 2.75) is 32.3 Å². The van der Waals surface area contributed by atoms with Crippen LogP contribution in [0.15, 0.2) is 24.5 Å². The summed E-state index contributed by atoms with van der Waals surface area (Å²) in [5, 5.41) is 2.84. The van der Waals surface area contributed by atoms with Gasteiger partial charge in [0.25, 0.3) is 5.91 Å². The molecule has 7 heteroatoms. The Balaban J connectivity index is 1.66. The summed E-state index contributed by atoms with van der Waals surface area (Å²) in [6, 6.07) is 3.66. The molecule has 0 radical (unpaired) electrons. The van der Waals surface area contributed by atoms with Gasteiger partial charge in [0.1, 0.15) is 11.8 Å². The van der Waals surface area contributed by atoms with Gasteiger partial charge in [0.2, 0.25) is 5.91 Å². The minimum absolute atomic E-state index is 0.0414. The van der Waals surface area contributed by atoms with Crippen molar-refractivity contribution in [2.24, 2.45) is 0 Å². The summed E-state index contributed by atoms with van der Waals surface area (Å²) in [6.45, 7) is 2.55. The number of pyridine rings is 1. The first kappa shape index (κ1) is 16.4. The number of carbonyl (C=O) groups is 2. The topological polar surface area (TPSA) is 75.9 Å². The second kappa shape index (κ2) is 7.00. The first-order chi connectivity index (χ1) is 11.6.